The first-order valence-corrected chi connectivity index (χ1v) is 12.9. The summed E-state index contributed by atoms with van der Waals surface area (Å²) in [5, 5.41) is 15.6. The molecule has 3 aromatic carbocycles. The molecule has 0 radical (unpaired) electrons. The van der Waals surface area contributed by atoms with Crippen molar-refractivity contribution in [3.8, 4) is 5.69 Å². The molecular formula is C30H32N4O3. The Balaban J connectivity index is 1.24. The second-order valence-electron chi connectivity index (χ2n) is 10.1. The van der Waals surface area contributed by atoms with Crippen molar-refractivity contribution in [2.75, 3.05) is 18.4 Å². The van der Waals surface area contributed by atoms with Gasteiger partial charge in [-0.15, -0.1) is 0 Å². The summed E-state index contributed by atoms with van der Waals surface area (Å²) in [7, 11) is 0. The number of nitro groups is 1. The lowest BCUT2D eigenvalue weighted by atomic mass is 9.89. The molecule has 0 spiro atoms. The number of fused-ring (bicyclic) bond motifs is 1. The lowest BCUT2D eigenvalue weighted by Gasteiger charge is -2.32. The van der Waals surface area contributed by atoms with Crippen molar-refractivity contribution in [3.05, 3.63) is 100 Å². The summed E-state index contributed by atoms with van der Waals surface area (Å²) in [6.07, 6.45) is 4.07. The molecule has 1 aliphatic heterocycles. The molecule has 0 atom stereocenters. The first-order chi connectivity index (χ1) is 17.9. The number of carbonyl (C=O) groups excluding carboxylic acids is 1. The molecule has 1 saturated heterocycles. The molecular weight excluding hydrogens is 464 g/mol. The van der Waals surface area contributed by atoms with Crippen LogP contribution in [0.15, 0.2) is 79.0 Å². The fourth-order valence-corrected chi connectivity index (χ4v) is 5.16. The number of likely N-dealkylation sites (tertiary alicyclic amines) is 1. The highest BCUT2D eigenvalue weighted by atomic mass is 16.6. The molecule has 5 rings (SSSR count). The molecule has 1 aliphatic rings. The number of nitrogens with one attached hydrogen (secondary N) is 1. The number of rotatable bonds is 7. The molecule has 4 aromatic rings. The van der Waals surface area contributed by atoms with Crippen LogP contribution in [-0.2, 0) is 11.3 Å². The second kappa shape index (κ2) is 10.6. The number of para-hydroxylation sites is 2. The van der Waals surface area contributed by atoms with Crippen LogP contribution < -0.4 is 5.32 Å². The van der Waals surface area contributed by atoms with E-state index in [1.807, 2.05) is 48.9 Å². The Labute approximate surface area is 216 Å². The molecule has 1 N–H and O–H groups in total. The molecule has 1 fully saturated rings. The van der Waals surface area contributed by atoms with Gasteiger partial charge in [-0.2, -0.15) is 0 Å². The first kappa shape index (κ1) is 24.7. The van der Waals surface area contributed by atoms with E-state index in [0.717, 1.165) is 49.1 Å². The molecule has 37 heavy (non-hydrogen) atoms. The van der Waals surface area contributed by atoms with Crippen LogP contribution in [0, 0.1) is 16.0 Å². The number of piperidine rings is 1. The standard InChI is InChI=1S/C30H32N4O3/c1-21(2)30(35)31-26-7-5-6-24(19-26)23-12-15-32(16-13-23)20-22-10-11-27-25(18-22)14-17-33(27)28-8-3-4-9-29(28)34(36)37/h3-11,14,17-19,21,23H,12-13,15-16,20H2,1-2H3,(H,31,35). The zero-order valence-electron chi connectivity index (χ0n) is 21.3. The molecule has 7 nitrogen and oxygen atoms in total. The summed E-state index contributed by atoms with van der Waals surface area (Å²) in [5.74, 6) is 0.494. The van der Waals surface area contributed by atoms with Gasteiger partial charge < -0.3 is 9.88 Å². The van der Waals surface area contributed by atoms with Gasteiger partial charge in [-0.25, -0.2) is 0 Å². The highest BCUT2D eigenvalue weighted by Gasteiger charge is 2.22. The number of amides is 1. The van der Waals surface area contributed by atoms with Gasteiger partial charge in [0.15, 0.2) is 0 Å². The number of nitro benzene ring substituents is 1. The summed E-state index contributed by atoms with van der Waals surface area (Å²) in [6, 6.07) is 23.5. The van der Waals surface area contributed by atoms with Crippen LogP contribution in [0.1, 0.15) is 43.7 Å². The van der Waals surface area contributed by atoms with E-state index < -0.39 is 0 Å². The van der Waals surface area contributed by atoms with Gasteiger partial charge in [-0.05, 0) is 79.4 Å². The molecule has 0 aliphatic carbocycles. The zero-order chi connectivity index (χ0) is 25.9. The molecule has 190 valence electrons. The Morgan fingerprint density at radius 2 is 1.81 bits per heavy atom. The molecule has 7 heteroatoms. The molecule has 0 bridgehead atoms. The lowest BCUT2D eigenvalue weighted by Crippen LogP contribution is -2.32. The van der Waals surface area contributed by atoms with Crippen molar-refractivity contribution >= 4 is 28.2 Å². The topological polar surface area (TPSA) is 80.4 Å². The summed E-state index contributed by atoms with van der Waals surface area (Å²) >= 11 is 0. The minimum absolute atomic E-state index is 0.0402. The highest BCUT2D eigenvalue weighted by Crippen LogP contribution is 2.31. The minimum Gasteiger partial charge on any atom is -0.326 e. The maximum Gasteiger partial charge on any atom is 0.293 e. The van der Waals surface area contributed by atoms with E-state index in [4.69, 9.17) is 0 Å². The van der Waals surface area contributed by atoms with Crippen molar-refractivity contribution in [3.63, 3.8) is 0 Å². The van der Waals surface area contributed by atoms with Gasteiger partial charge >= 0.3 is 0 Å². The Bertz CT molecular complexity index is 1430. The van der Waals surface area contributed by atoms with Crippen LogP contribution in [0.2, 0.25) is 0 Å². The summed E-state index contributed by atoms with van der Waals surface area (Å²) in [4.78, 5) is 25.7. The van der Waals surface area contributed by atoms with Crippen LogP contribution in [-0.4, -0.2) is 33.4 Å². The Kier molecular flexibility index (Phi) is 7.06. The number of benzene rings is 3. The highest BCUT2D eigenvalue weighted by molar-refractivity contribution is 5.92. The number of hydrogen-bond acceptors (Lipinski definition) is 4. The van der Waals surface area contributed by atoms with E-state index in [1.165, 1.54) is 17.2 Å². The monoisotopic (exact) mass is 496 g/mol. The average Bonchev–Trinajstić information content (AvgIpc) is 3.32. The first-order valence-electron chi connectivity index (χ1n) is 12.9. The molecule has 2 heterocycles. The van der Waals surface area contributed by atoms with Gasteiger partial charge in [0.25, 0.3) is 5.69 Å². The van der Waals surface area contributed by atoms with Crippen LogP contribution in [0.25, 0.3) is 16.6 Å². The largest absolute Gasteiger partial charge is 0.326 e. The maximum absolute atomic E-state index is 12.1. The number of aromatic nitrogens is 1. The third-order valence-corrected chi connectivity index (χ3v) is 7.24. The van der Waals surface area contributed by atoms with E-state index in [2.05, 4.69) is 40.5 Å². The van der Waals surface area contributed by atoms with Gasteiger partial charge in [0.2, 0.25) is 5.91 Å². The SMILES string of the molecule is CC(C)C(=O)Nc1cccc(C2CCN(Cc3ccc4c(ccn4-c4ccccc4[N+](=O)[O-])c3)CC2)c1. The summed E-state index contributed by atoms with van der Waals surface area (Å²) < 4.78 is 1.89. The number of hydrogen-bond donors (Lipinski definition) is 1. The van der Waals surface area contributed by atoms with Crippen molar-refractivity contribution < 1.29 is 9.72 Å². The lowest BCUT2D eigenvalue weighted by molar-refractivity contribution is -0.384. The average molecular weight is 497 g/mol. The van der Waals surface area contributed by atoms with Crippen LogP contribution in [0.5, 0.6) is 0 Å². The molecule has 1 amide bonds. The Morgan fingerprint density at radius 3 is 2.57 bits per heavy atom. The number of carbonyl (C=O) groups is 1. The third kappa shape index (κ3) is 5.42. The molecule has 1 aromatic heterocycles. The predicted octanol–water partition coefficient (Wildman–Crippen LogP) is 6.51. The van der Waals surface area contributed by atoms with Crippen molar-refractivity contribution in [1.29, 1.82) is 0 Å². The normalized spacial score (nSPS) is 14.8. The minimum atomic E-state index is -0.336. The third-order valence-electron chi connectivity index (χ3n) is 7.24. The van der Waals surface area contributed by atoms with Gasteiger partial charge in [-0.3, -0.25) is 19.8 Å². The van der Waals surface area contributed by atoms with E-state index in [9.17, 15) is 14.9 Å². The number of anilines is 1. The van der Waals surface area contributed by atoms with Crippen molar-refractivity contribution in [2.24, 2.45) is 5.92 Å². The number of nitrogens with zero attached hydrogens (tertiary/aromatic N) is 3. The van der Waals surface area contributed by atoms with E-state index in [-0.39, 0.29) is 22.4 Å². The predicted molar refractivity (Wildman–Crippen MR) is 147 cm³/mol. The van der Waals surface area contributed by atoms with Crippen LogP contribution >= 0.6 is 0 Å². The van der Waals surface area contributed by atoms with Crippen molar-refractivity contribution in [2.45, 2.75) is 39.2 Å². The quantitative estimate of drug-likeness (QED) is 0.234. The van der Waals surface area contributed by atoms with E-state index in [0.29, 0.717) is 11.6 Å². The molecule has 0 unspecified atom stereocenters. The van der Waals surface area contributed by atoms with E-state index in [1.54, 1.807) is 12.1 Å². The van der Waals surface area contributed by atoms with E-state index >= 15 is 0 Å². The second-order valence-corrected chi connectivity index (χ2v) is 10.1. The zero-order valence-corrected chi connectivity index (χ0v) is 21.3. The summed E-state index contributed by atoms with van der Waals surface area (Å²) in [6.45, 7) is 6.71. The Morgan fingerprint density at radius 1 is 1.03 bits per heavy atom. The Hall–Kier alpha value is -3.97. The van der Waals surface area contributed by atoms with Gasteiger partial charge in [0, 0.05) is 35.8 Å². The van der Waals surface area contributed by atoms with Gasteiger partial charge in [0.1, 0.15) is 5.69 Å². The van der Waals surface area contributed by atoms with Crippen LogP contribution in [0.4, 0.5) is 11.4 Å². The fourth-order valence-electron chi connectivity index (χ4n) is 5.16. The summed E-state index contributed by atoms with van der Waals surface area (Å²) in [5.41, 5.74) is 5.04. The van der Waals surface area contributed by atoms with Gasteiger partial charge in [0.05, 0.1) is 10.4 Å². The smallest absolute Gasteiger partial charge is 0.293 e. The van der Waals surface area contributed by atoms with Crippen molar-refractivity contribution in [1.82, 2.24) is 9.47 Å². The fraction of sp³-hybridized carbons (Fsp3) is 0.300. The maximum atomic E-state index is 12.1. The van der Waals surface area contributed by atoms with Gasteiger partial charge in [-0.1, -0.05) is 44.2 Å². The van der Waals surface area contributed by atoms with Crippen LogP contribution in [0.3, 0.4) is 0 Å². The molecule has 0 saturated carbocycles.